The van der Waals surface area contributed by atoms with Gasteiger partial charge in [-0.2, -0.15) is 4.39 Å². The van der Waals surface area contributed by atoms with E-state index in [1.807, 2.05) is 19.2 Å². The second-order valence-corrected chi connectivity index (χ2v) is 7.18. The van der Waals surface area contributed by atoms with Gasteiger partial charge in [-0.15, -0.1) is 0 Å². The van der Waals surface area contributed by atoms with Crippen LogP contribution in [0.4, 0.5) is 10.2 Å². The van der Waals surface area contributed by atoms with Gasteiger partial charge in [-0.25, -0.2) is 9.97 Å². The number of nitrogens with one attached hydrogen (secondary N) is 1. The van der Waals surface area contributed by atoms with Crippen molar-refractivity contribution in [2.45, 2.75) is 26.4 Å². The molecule has 140 valence electrons. The maximum atomic E-state index is 13.1. The zero-order valence-corrected chi connectivity index (χ0v) is 15.4. The summed E-state index contributed by atoms with van der Waals surface area (Å²) in [5, 5.41) is 2.82. The van der Waals surface area contributed by atoms with Crippen molar-refractivity contribution in [3.05, 3.63) is 70.7 Å². The number of nitrogens with zero attached hydrogens (tertiary/aromatic N) is 4. The Morgan fingerprint density at radius 3 is 2.79 bits per heavy atom. The van der Waals surface area contributed by atoms with Gasteiger partial charge in [-0.05, 0) is 42.3 Å². The van der Waals surface area contributed by atoms with Gasteiger partial charge in [0.05, 0.1) is 17.8 Å². The number of fused-ring (bicyclic) bond motifs is 2. The molecule has 0 aromatic carbocycles. The van der Waals surface area contributed by atoms with Crippen molar-refractivity contribution >= 4 is 11.7 Å². The maximum absolute atomic E-state index is 13.1. The minimum Gasteiger partial charge on any atom is -0.352 e. The molecule has 28 heavy (non-hydrogen) atoms. The lowest BCUT2D eigenvalue weighted by Gasteiger charge is -2.30. The molecule has 2 aliphatic rings. The molecule has 0 bridgehead atoms. The van der Waals surface area contributed by atoms with Gasteiger partial charge in [0.1, 0.15) is 5.82 Å². The lowest BCUT2D eigenvalue weighted by atomic mass is 10.0. The third-order valence-electron chi connectivity index (χ3n) is 5.33. The molecule has 0 atom stereocenters. The molecule has 0 saturated carbocycles. The maximum Gasteiger partial charge on any atom is 0.253 e. The van der Waals surface area contributed by atoms with Gasteiger partial charge < -0.3 is 10.2 Å². The molecule has 7 heteroatoms. The minimum atomic E-state index is -0.494. The van der Waals surface area contributed by atoms with Crippen LogP contribution < -0.4 is 10.2 Å². The van der Waals surface area contributed by atoms with E-state index < -0.39 is 5.95 Å². The Balaban J connectivity index is 1.47. The Bertz CT molecular complexity index is 1100. The number of aromatic nitrogens is 3. The Morgan fingerprint density at radius 1 is 1.11 bits per heavy atom. The van der Waals surface area contributed by atoms with Crippen molar-refractivity contribution in [2.75, 3.05) is 11.4 Å². The van der Waals surface area contributed by atoms with E-state index in [0.717, 1.165) is 52.4 Å². The second kappa shape index (κ2) is 6.37. The Kier molecular flexibility index (Phi) is 3.82. The molecule has 0 radical (unpaired) electrons. The lowest BCUT2D eigenvalue weighted by molar-refractivity contribution is 0.0965. The van der Waals surface area contributed by atoms with Crippen LogP contribution in [-0.2, 0) is 19.5 Å². The molecule has 0 unspecified atom stereocenters. The molecule has 3 aromatic rings. The van der Waals surface area contributed by atoms with E-state index in [9.17, 15) is 9.18 Å². The first kappa shape index (κ1) is 16.8. The van der Waals surface area contributed by atoms with E-state index in [2.05, 4.69) is 26.3 Å². The van der Waals surface area contributed by atoms with Crippen molar-refractivity contribution in [3.63, 3.8) is 0 Å². The first-order valence-electron chi connectivity index (χ1n) is 9.22. The van der Waals surface area contributed by atoms with Crippen LogP contribution >= 0.6 is 0 Å². The van der Waals surface area contributed by atoms with Crippen LogP contribution in [0.1, 0.15) is 32.9 Å². The zero-order valence-electron chi connectivity index (χ0n) is 15.4. The predicted molar refractivity (Wildman–Crippen MR) is 102 cm³/mol. The second-order valence-electron chi connectivity index (χ2n) is 7.18. The fourth-order valence-corrected chi connectivity index (χ4v) is 3.86. The monoisotopic (exact) mass is 375 g/mol. The SMILES string of the molecule is Cc1cc2c(nc1N1CCc3ncc(-c4ccc(F)nc4)cc3C1)CNC2=O. The molecule has 0 aliphatic carbocycles. The van der Waals surface area contributed by atoms with E-state index in [1.54, 1.807) is 6.07 Å². The number of hydrogen-bond donors (Lipinski definition) is 1. The molecule has 3 aromatic heterocycles. The average molecular weight is 375 g/mol. The summed E-state index contributed by atoms with van der Waals surface area (Å²) in [4.78, 5) is 27.2. The molecular weight excluding hydrogens is 357 g/mol. The third-order valence-corrected chi connectivity index (χ3v) is 5.33. The normalized spacial score (nSPS) is 15.2. The highest BCUT2D eigenvalue weighted by Gasteiger charge is 2.25. The van der Waals surface area contributed by atoms with Crippen LogP contribution in [0.5, 0.6) is 0 Å². The summed E-state index contributed by atoms with van der Waals surface area (Å²) in [5.74, 6) is 0.365. The molecule has 5 heterocycles. The highest BCUT2D eigenvalue weighted by Crippen LogP contribution is 2.29. The van der Waals surface area contributed by atoms with E-state index in [0.29, 0.717) is 18.7 Å². The fraction of sp³-hybridized carbons (Fsp3) is 0.238. The summed E-state index contributed by atoms with van der Waals surface area (Å²) >= 11 is 0. The topological polar surface area (TPSA) is 71.0 Å². The lowest BCUT2D eigenvalue weighted by Crippen LogP contribution is -2.32. The van der Waals surface area contributed by atoms with Gasteiger partial charge in [-0.3, -0.25) is 9.78 Å². The number of aryl methyl sites for hydroxylation is 1. The number of carbonyl (C=O) groups excluding carboxylic acids is 1. The summed E-state index contributed by atoms with van der Waals surface area (Å²) in [7, 11) is 0. The number of anilines is 1. The van der Waals surface area contributed by atoms with Crippen molar-refractivity contribution in [2.24, 2.45) is 0 Å². The van der Waals surface area contributed by atoms with Crippen molar-refractivity contribution in [1.29, 1.82) is 0 Å². The largest absolute Gasteiger partial charge is 0.352 e. The number of halogens is 1. The first-order valence-corrected chi connectivity index (χ1v) is 9.22. The number of hydrogen-bond acceptors (Lipinski definition) is 5. The van der Waals surface area contributed by atoms with Gasteiger partial charge in [0.2, 0.25) is 5.95 Å². The van der Waals surface area contributed by atoms with Gasteiger partial charge in [0.15, 0.2) is 0 Å². The van der Waals surface area contributed by atoms with Crippen LogP contribution in [0, 0.1) is 12.9 Å². The number of rotatable bonds is 2. The van der Waals surface area contributed by atoms with E-state index >= 15 is 0 Å². The molecule has 1 amide bonds. The summed E-state index contributed by atoms with van der Waals surface area (Å²) in [6.07, 6.45) is 4.17. The van der Waals surface area contributed by atoms with Crippen molar-refractivity contribution < 1.29 is 9.18 Å². The highest BCUT2D eigenvalue weighted by molar-refractivity contribution is 5.98. The van der Waals surface area contributed by atoms with Crippen LogP contribution in [0.25, 0.3) is 11.1 Å². The predicted octanol–water partition coefficient (Wildman–Crippen LogP) is 2.79. The molecule has 0 saturated heterocycles. The van der Waals surface area contributed by atoms with Gasteiger partial charge in [0, 0.05) is 48.7 Å². The molecule has 0 fully saturated rings. The molecule has 6 nitrogen and oxygen atoms in total. The van der Waals surface area contributed by atoms with E-state index in [-0.39, 0.29) is 5.91 Å². The third kappa shape index (κ3) is 2.79. The standard InChI is InChI=1S/C21H18FN5O/c1-12-6-16-18(10-25-21(16)28)26-20(12)27-5-4-17-15(11-27)7-14(9-23-17)13-2-3-19(22)24-8-13/h2-3,6-9H,4-5,10-11H2,1H3,(H,25,28). The molecule has 0 spiro atoms. The van der Waals surface area contributed by atoms with Gasteiger partial charge in [0.25, 0.3) is 5.91 Å². The van der Waals surface area contributed by atoms with Crippen LogP contribution in [0.15, 0.2) is 36.7 Å². The van der Waals surface area contributed by atoms with E-state index in [1.165, 1.54) is 12.3 Å². The summed E-state index contributed by atoms with van der Waals surface area (Å²) in [6.45, 7) is 3.99. The molecule has 2 aliphatic heterocycles. The zero-order chi connectivity index (χ0) is 19.3. The fourth-order valence-electron chi connectivity index (χ4n) is 3.86. The number of carbonyl (C=O) groups is 1. The number of pyridine rings is 3. The van der Waals surface area contributed by atoms with Gasteiger partial charge >= 0.3 is 0 Å². The Labute approximate surface area is 161 Å². The van der Waals surface area contributed by atoms with Crippen LogP contribution in [0.3, 0.4) is 0 Å². The average Bonchev–Trinajstić information content (AvgIpc) is 3.07. The minimum absolute atomic E-state index is 0.0529. The molecule has 1 N–H and O–H groups in total. The van der Waals surface area contributed by atoms with Crippen LogP contribution in [-0.4, -0.2) is 27.4 Å². The summed E-state index contributed by atoms with van der Waals surface area (Å²) < 4.78 is 13.1. The quantitative estimate of drug-likeness (QED) is 0.698. The Morgan fingerprint density at radius 2 is 1.96 bits per heavy atom. The Hall–Kier alpha value is -3.35. The molecule has 5 rings (SSSR count). The smallest absolute Gasteiger partial charge is 0.253 e. The van der Waals surface area contributed by atoms with E-state index in [4.69, 9.17) is 4.98 Å². The number of amides is 1. The van der Waals surface area contributed by atoms with Gasteiger partial charge in [-0.1, -0.05) is 0 Å². The molecular formula is C21H18FN5O. The van der Waals surface area contributed by atoms with Crippen molar-refractivity contribution in [1.82, 2.24) is 20.3 Å². The summed E-state index contributed by atoms with van der Waals surface area (Å²) in [5.41, 5.74) is 6.43. The highest BCUT2D eigenvalue weighted by atomic mass is 19.1. The van der Waals surface area contributed by atoms with Crippen LogP contribution in [0.2, 0.25) is 0 Å². The van der Waals surface area contributed by atoms with Crippen molar-refractivity contribution in [3.8, 4) is 11.1 Å². The first-order chi connectivity index (χ1) is 13.6. The summed E-state index contributed by atoms with van der Waals surface area (Å²) in [6, 6.07) is 7.09.